The highest BCUT2D eigenvalue weighted by Gasteiger charge is 2.11. The van der Waals surface area contributed by atoms with E-state index in [9.17, 15) is 0 Å². The molecule has 0 spiro atoms. The van der Waals surface area contributed by atoms with E-state index in [2.05, 4.69) is 11.6 Å². The first-order valence-electron chi connectivity index (χ1n) is 2.99. The van der Waals surface area contributed by atoms with Crippen LogP contribution in [0.2, 0.25) is 0 Å². The van der Waals surface area contributed by atoms with Crippen LogP contribution in [0.1, 0.15) is 6.42 Å². The molecule has 2 atom stereocenters. The topological polar surface area (TPSA) is 12.0 Å². The van der Waals surface area contributed by atoms with Gasteiger partial charge in [-0.05, 0) is 19.2 Å². The predicted molar refractivity (Wildman–Crippen MR) is 41.1 cm³/mol. The van der Waals surface area contributed by atoms with Gasteiger partial charge in [0.25, 0.3) is 0 Å². The van der Waals surface area contributed by atoms with E-state index in [1.54, 1.807) is 0 Å². The van der Waals surface area contributed by atoms with Crippen LogP contribution in [0.4, 0.5) is 0 Å². The van der Waals surface area contributed by atoms with Gasteiger partial charge in [-0.25, -0.2) is 10.3 Å². The van der Waals surface area contributed by atoms with Gasteiger partial charge < -0.3 is 5.32 Å². The van der Waals surface area contributed by atoms with E-state index in [-0.39, 0.29) is 10.3 Å². The zero-order chi connectivity index (χ0) is 5.98. The molecule has 0 amide bonds. The van der Waals surface area contributed by atoms with Crippen LogP contribution < -0.4 is 5.32 Å². The van der Waals surface area contributed by atoms with Gasteiger partial charge in [-0.2, -0.15) is 0 Å². The summed E-state index contributed by atoms with van der Waals surface area (Å²) in [6.07, 6.45) is 3.44. The molecule has 0 aromatic heterocycles. The maximum Gasteiger partial charge on any atom is 0.00882 e. The molecule has 1 unspecified atom stereocenters. The summed E-state index contributed by atoms with van der Waals surface area (Å²) >= 11 is 0. The van der Waals surface area contributed by atoms with Gasteiger partial charge >= 0.3 is 0 Å². The fourth-order valence-corrected chi connectivity index (χ4v) is 1.94. The van der Waals surface area contributed by atoms with Crippen molar-refractivity contribution in [2.75, 3.05) is 19.3 Å². The van der Waals surface area contributed by atoms with E-state index >= 15 is 0 Å². The second-order valence-corrected chi connectivity index (χ2v) is 4.37. The Morgan fingerprint density at radius 1 is 1.75 bits per heavy atom. The van der Waals surface area contributed by atoms with E-state index in [1.807, 2.05) is 0 Å². The van der Waals surface area contributed by atoms with Crippen molar-refractivity contribution in [1.82, 2.24) is 5.32 Å². The second-order valence-electron chi connectivity index (χ2n) is 2.31. The third-order valence-corrected chi connectivity index (χ3v) is 3.20. The highest BCUT2D eigenvalue weighted by Crippen LogP contribution is 2.16. The lowest BCUT2D eigenvalue weighted by Gasteiger charge is -2.04. The summed E-state index contributed by atoms with van der Waals surface area (Å²) in [7, 11) is -0.164. The number of thiol groups is 1. The lowest BCUT2D eigenvalue weighted by molar-refractivity contribution is 0.858. The highest BCUT2D eigenvalue weighted by molar-refractivity contribution is 8.06. The van der Waals surface area contributed by atoms with Crippen LogP contribution in [0.15, 0.2) is 0 Å². The van der Waals surface area contributed by atoms with Crippen molar-refractivity contribution in [1.29, 1.82) is 0 Å². The molecule has 1 fully saturated rings. The number of nitrogens with one attached hydrogen (secondary N) is 1. The Bertz CT molecular complexity index is 127. The molecular weight excluding hydrogens is 118 g/mol. The van der Waals surface area contributed by atoms with E-state index in [0.717, 1.165) is 11.8 Å². The third kappa shape index (κ3) is 1.28. The van der Waals surface area contributed by atoms with Crippen molar-refractivity contribution in [3.8, 4) is 5.69 Å². The first-order chi connectivity index (χ1) is 3.80. The van der Waals surface area contributed by atoms with Crippen LogP contribution in [0.25, 0.3) is 0 Å². The molecule has 1 heterocycles. The highest BCUT2D eigenvalue weighted by atomic mass is 32.2. The molecule has 1 saturated heterocycles. The molecule has 48 valence electrons. The normalized spacial score (nSPS) is 32.8. The van der Waals surface area contributed by atoms with Crippen LogP contribution in [0, 0.1) is 5.69 Å². The van der Waals surface area contributed by atoms with Gasteiger partial charge in [0.15, 0.2) is 0 Å². The zero-order valence-corrected chi connectivity index (χ0v) is 6.12. The summed E-state index contributed by atoms with van der Waals surface area (Å²) in [5.41, 5.74) is 5.72. The minimum atomic E-state index is -0.164. The molecular formula is C6H13NS. The van der Waals surface area contributed by atoms with Gasteiger partial charge in [0.05, 0.1) is 0 Å². The maximum atomic E-state index is 5.72. The average molecular weight is 131 g/mol. The Hall–Kier alpha value is 0.0900. The van der Waals surface area contributed by atoms with E-state index in [1.165, 1.54) is 13.0 Å². The van der Waals surface area contributed by atoms with Crippen molar-refractivity contribution in [2.45, 2.75) is 11.7 Å². The monoisotopic (exact) mass is 131 g/mol. The summed E-state index contributed by atoms with van der Waals surface area (Å²) in [4.78, 5) is 0. The molecule has 1 nitrogen and oxygen atoms in total. The third-order valence-electron chi connectivity index (χ3n) is 1.61. The second kappa shape index (κ2) is 2.58. The van der Waals surface area contributed by atoms with Crippen LogP contribution >= 0.6 is 10.3 Å². The molecule has 1 rings (SSSR count). The van der Waals surface area contributed by atoms with E-state index < -0.39 is 0 Å². The molecule has 0 bridgehead atoms. The number of hydrogen-bond donors (Lipinski definition) is 2. The van der Waals surface area contributed by atoms with Gasteiger partial charge in [0.1, 0.15) is 0 Å². The molecule has 0 aliphatic carbocycles. The minimum absolute atomic E-state index is 0.164. The van der Waals surface area contributed by atoms with Crippen molar-refractivity contribution in [2.24, 2.45) is 0 Å². The fourth-order valence-electron chi connectivity index (χ4n) is 0.987. The van der Waals surface area contributed by atoms with Gasteiger partial charge in [0.2, 0.25) is 0 Å². The number of hydrogen-bond acceptors (Lipinski definition) is 1. The molecule has 0 radical (unpaired) electrons. The molecule has 0 aromatic rings. The molecule has 0 aromatic carbocycles. The minimum Gasteiger partial charge on any atom is -0.316 e. The Labute approximate surface area is 53.0 Å². The smallest absolute Gasteiger partial charge is 0.00882 e. The maximum absolute atomic E-state index is 5.72. The molecule has 1 N–H and O–H groups in total. The number of rotatable bonds is 0. The van der Waals surface area contributed by atoms with Crippen LogP contribution in [-0.2, 0) is 0 Å². The van der Waals surface area contributed by atoms with E-state index in [4.69, 9.17) is 5.69 Å². The molecule has 1 aliphatic heterocycles. The Kier molecular flexibility index (Phi) is 2.01. The first-order valence-corrected chi connectivity index (χ1v) is 4.91. The predicted octanol–water partition coefficient (Wildman–Crippen LogP) is 0.568. The average Bonchev–Trinajstić information content (AvgIpc) is 2.12. The lowest BCUT2D eigenvalue weighted by atomic mass is 10.4. The SMILES string of the molecule is C#[SH](C)[C@H]1CCNC1. The summed E-state index contributed by atoms with van der Waals surface area (Å²) in [6, 6.07) is 0. The molecule has 2 heteroatoms. The lowest BCUT2D eigenvalue weighted by Crippen LogP contribution is -2.09. The molecule has 8 heavy (non-hydrogen) atoms. The molecule has 1 aliphatic rings. The summed E-state index contributed by atoms with van der Waals surface area (Å²) < 4.78 is 0. The first kappa shape index (κ1) is 6.21. The fraction of sp³-hybridized carbons (Fsp3) is 0.833. The van der Waals surface area contributed by atoms with Crippen molar-refractivity contribution in [3.05, 3.63) is 0 Å². The van der Waals surface area contributed by atoms with Crippen molar-refractivity contribution in [3.63, 3.8) is 0 Å². The Morgan fingerprint density at radius 2 is 2.50 bits per heavy atom. The van der Waals surface area contributed by atoms with Crippen molar-refractivity contribution < 1.29 is 0 Å². The zero-order valence-electron chi connectivity index (χ0n) is 5.22. The molecule has 0 saturated carbocycles. The quantitative estimate of drug-likeness (QED) is 0.458. The van der Waals surface area contributed by atoms with Crippen molar-refractivity contribution >= 4 is 10.3 Å². The van der Waals surface area contributed by atoms with Crippen LogP contribution in [0.5, 0.6) is 0 Å². The van der Waals surface area contributed by atoms with Gasteiger partial charge in [-0.15, -0.1) is 5.69 Å². The van der Waals surface area contributed by atoms with Crippen LogP contribution in [0.3, 0.4) is 0 Å². The Balaban J connectivity index is 2.39. The summed E-state index contributed by atoms with van der Waals surface area (Å²) in [5.74, 6) is 0. The largest absolute Gasteiger partial charge is 0.316 e. The summed E-state index contributed by atoms with van der Waals surface area (Å²) in [5, 5.41) is 4.09. The summed E-state index contributed by atoms with van der Waals surface area (Å²) in [6.45, 7) is 2.33. The van der Waals surface area contributed by atoms with Gasteiger partial charge in [-0.1, -0.05) is 0 Å². The van der Waals surface area contributed by atoms with Gasteiger partial charge in [0, 0.05) is 11.8 Å². The van der Waals surface area contributed by atoms with Gasteiger partial charge in [-0.3, -0.25) is 0 Å². The van der Waals surface area contributed by atoms with E-state index in [0.29, 0.717) is 0 Å². The Morgan fingerprint density at radius 3 is 2.75 bits per heavy atom. The standard InChI is InChI=1S/C6H13NS/c1-8(2)6-3-4-7-5-6/h1,6-8H,3-5H2,2H3/t6-/m0/s1. The van der Waals surface area contributed by atoms with Crippen LogP contribution in [-0.4, -0.2) is 24.6 Å².